The van der Waals surface area contributed by atoms with Crippen LogP contribution in [0.5, 0.6) is 0 Å². The molecule has 0 spiro atoms. The first-order valence-electron chi connectivity index (χ1n) is 6.14. The molecular formula is C13H23NOS2. The molecule has 0 aromatic carbocycles. The van der Waals surface area contributed by atoms with Crippen LogP contribution in [-0.2, 0) is 11.8 Å². The second-order valence-corrected chi connectivity index (χ2v) is 7.40. The van der Waals surface area contributed by atoms with Crippen LogP contribution in [-0.4, -0.2) is 27.7 Å². The first-order valence-corrected chi connectivity index (χ1v) is 8.17. The Bertz CT molecular complexity index is 330. The molecule has 4 heteroatoms. The van der Waals surface area contributed by atoms with Gasteiger partial charge in [-0.1, -0.05) is 27.7 Å². The highest BCUT2D eigenvalue weighted by Crippen LogP contribution is 2.24. The van der Waals surface area contributed by atoms with Gasteiger partial charge in [-0.05, 0) is 12.2 Å². The number of rotatable bonds is 6. The molecule has 1 N–H and O–H groups in total. The van der Waals surface area contributed by atoms with Crippen LogP contribution in [0.3, 0.4) is 0 Å². The van der Waals surface area contributed by atoms with Gasteiger partial charge in [0.25, 0.3) is 0 Å². The van der Waals surface area contributed by atoms with Crippen molar-refractivity contribution in [2.45, 2.75) is 52.1 Å². The Hall–Kier alpha value is -0.0600. The molecule has 1 rings (SSSR count). The first-order chi connectivity index (χ1) is 7.93. The second kappa shape index (κ2) is 6.76. The summed E-state index contributed by atoms with van der Waals surface area (Å²) in [5, 5.41) is 13.1. The zero-order valence-electron chi connectivity index (χ0n) is 11.2. The molecule has 1 unspecified atom stereocenters. The quantitative estimate of drug-likeness (QED) is 0.806. The zero-order chi connectivity index (χ0) is 12.9. The normalized spacial score (nSPS) is 13.9. The molecule has 0 saturated carbocycles. The van der Waals surface area contributed by atoms with Gasteiger partial charge in [0.2, 0.25) is 0 Å². The van der Waals surface area contributed by atoms with Gasteiger partial charge in [-0.15, -0.1) is 11.3 Å². The van der Waals surface area contributed by atoms with E-state index in [9.17, 15) is 5.11 Å². The minimum Gasteiger partial charge on any atom is -0.392 e. The molecule has 17 heavy (non-hydrogen) atoms. The molecule has 1 heterocycles. The SMILES string of the molecule is CCCSCC(O)Cc1nc(C(C)(C)C)cs1. The molecule has 0 amide bonds. The summed E-state index contributed by atoms with van der Waals surface area (Å²) in [6, 6.07) is 0. The number of nitrogens with zero attached hydrogens (tertiary/aromatic N) is 1. The zero-order valence-corrected chi connectivity index (χ0v) is 12.8. The Morgan fingerprint density at radius 1 is 1.47 bits per heavy atom. The summed E-state index contributed by atoms with van der Waals surface area (Å²) in [5.41, 5.74) is 1.24. The van der Waals surface area contributed by atoms with Crippen molar-refractivity contribution in [1.82, 2.24) is 4.98 Å². The lowest BCUT2D eigenvalue weighted by molar-refractivity contribution is 0.200. The van der Waals surface area contributed by atoms with Gasteiger partial charge in [0.1, 0.15) is 0 Å². The molecule has 0 aliphatic carbocycles. The summed E-state index contributed by atoms with van der Waals surface area (Å²) in [4.78, 5) is 4.60. The largest absolute Gasteiger partial charge is 0.392 e. The second-order valence-electron chi connectivity index (χ2n) is 5.31. The van der Waals surface area contributed by atoms with E-state index in [2.05, 4.69) is 38.1 Å². The maximum atomic E-state index is 9.89. The van der Waals surface area contributed by atoms with Crippen LogP contribution in [0, 0.1) is 0 Å². The number of hydrogen-bond acceptors (Lipinski definition) is 4. The van der Waals surface area contributed by atoms with E-state index in [1.165, 1.54) is 6.42 Å². The van der Waals surface area contributed by atoms with E-state index in [-0.39, 0.29) is 11.5 Å². The summed E-state index contributed by atoms with van der Waals surface area (Å²) in [7, 11) is 0. The highest BCUT2D eigenvalue weighted by atomic mass is 32.2. The Morgan fingerprint density at radius 2 is 2.18 bits per heavy atom. The Kier molecular flexibility index (Phi) is 5.97. The van der Waals surface area contributed by atoms with Gasteiger partial charge in [0.15, 0.2) is 0 Å². The lowest BCUT2D eigenvalue weighted by atomic mass is 9.93. The lowest BCUT2D eigenvalue weighted by Crippen LogP contribution is -2.15. The van der Waals surface area contributed by atoms with Crippen LogP contribution >= 0.6 is 23.1 Å². The summed E-state index contributed by atoms with van der Waals surface area (Å²) in [6.45, 7) is 8.66. The van der Waals surface area contributed by atoms with Gasteiger partial charge >= 0.3 is 0 Å². The standard InChI is InChI=1S/C13H23NOS2/c1-5-6-16-8-10(15)7-12-14-11(9-17-12)13(2,3)4/h9-10,15H,5-8H2,1-4H3. The number of aromatic nitrogens is 1. The van der Waals surface area contributed by atoms with Crippen molar-refractivity contribution in [3.63, 3.8) is 0 Å². The van der Waals surface area contributed by atoms with Crippen LogP contribution in [0.2, 0.25) is 0 Å². The van der Waals surface area contributed by atoms with Crippen molar-refractivity contribution in [3.8, 4) is 0 Å². The fourth-order valence-corrected chi connectivity index (χ4v) is 3.31. The van der Waals surface area contributed by atoms with Gasteiger partial charge in [0.05, 0.1) is 16.8 Å². The number of hydrogen-bond donors (Lipinski definition) is 1. The molecule has 1 aromatic heterocycles. The van der Waals surface area contributed by atoms with Crippen molar-refractivity contribution in [1.29, 1.82) is 0 Å². The van der Waals surface area contributed by atoms with Crippen LogP contribution < -0.4 is 0 Å². The molecule has 2 nitrogen and oxygen atoms in total. The fourth-order valence-electron chi connectivity index (χ4n) is 1.37. The molecule has 0 aliphatic heterocycles. The highest BCUT2D eigenvalue weighted by Gasteiger charge is 2.18. The lowest BCUT2D eigenvalue weighted by Gasteiger charge is -2.14. The average molecular weight is 273 g/mol. The Labute approximate surface area is 113 Å². The number of thioether (sulfide) groups is 1. The predicted octanol–water partition coefficient (Wildman–Crippen LogP) is 3.49. The maximum Gasteiger partial charge on any atom is 0.0954 e. The van der Waals surface area contributed by atoms with E-state index >= 15 is 0 Å². The van der Waals surface area contributed by atoms with E-state index in [1.54, 1.807) is 11.3 Å². The minimum absolute atomic E-state index is 0.108. The third-order valence-electron chi connectivity index (χ3n) is 2.39. The van der Waals surface area contributed by atoms with Gasteiger partial charge in [-0.2, -0.15) is 11.8 Å². The van der Waals surface area contributed by atoms with Gasteiger partial charge < -0.3 is 5.11 Å². The third-order valence-corrected chi connectivity index (χ3v) is 4.58. The topological polar surface area (TPSA) is 33.1 Å². The van der Waals surface area contributed by atoms with Crippen molar-refractivity contribution in [3.05, 3.63) is 16.1 Å². The van der Waals surface area contributed by atoms with E-state index in [0.29, 0.717) is 6.42 Å². The van der Waals surface area contributed by atoms with Crippen molar-refractivity contribution in [2.24, 2.45) is 0 Å². The van der Waals surface area contributed by atoms with E-state index in [0.717, 1.165) is 22.2 Å². The molecule has 0 bridgehead atoms. The van der Waals surface area contributed by atoms with Gasteiger partial charge in [-0.25, -0.2) is 4.98 Å². The highest BCUT2D eigenvalue weighted by molar-refractivity contribution is 7.99. The summed E-state index contributed by atoms with van der Waals surface area (Å²) in [6.07, 6.45) is 1.60. The molecule has 0 aliphatic rings. The van der Waals surface area contributed by atoms with Crippen molar-refractivity contribution < 1.29 is 5.11 Å². The number of aliphatic hydroxyl groups is 1. The van der Waals surface area contributed by atoms with Crippen LogP contribution in [0.15, 0.2) is 5.38 Å². The molecule has 1 aromatic rings. The fraction of sp³-hybridized carbons (Fsp3) is 0.769. The number of aliphatic hydroxyl groups excluding tert-OH is 1. The summed E-state index contributed by atoms with van der Waals surface area (Å²) >= 11 is 3.48. The van der Waals surface area contributed by atoms with E-state index in [4.69, 9.17) is 0 Å². The third kappa shape index (κ3) is 5.40. The summed E-state index contributed by atoms with van der Waals surface area (Å²) < 4.78 is 0. The van der Waals surface area contributed by atoms with E-state index < -0.39 is 0 Å². The van der Waals surface area contributed by atoms with E-state index in [1.807, 2.05) is 11.8 Å². The Balaban J connectivity index is 2.43. The molecule has 0 fully saturated rings. The van der Waals surface area contributed by atoms with Crippen molar-refractivity contribution >= 4 is 23.1 Å². The van der Waals surface area contributed by atoms with Gasteiger partial charge in [0, 0.05) is 23.0 Å². The predicted molar refractivity (Wildman–Crippen MR) is 78.1 cm³/mol. The first kappa shape index (κ1) is 15.0. The van der Waals surface area contributed by atoms with Crippen molar-refractivity contribution in [2.75, 3.05) is 11.5 Å². The average Bonchev–Trinajstić information content (AvgIpc) is 2.66. The molecule has 0 saturated heterocycles. The van der Waals surface area contributed by atoms with Crippen LogP contribution in [0.4, 0.5) is 0 Å². The molecule has 0 radical (unpaired) electrons. The Morgan fingerprint density at radius 3 is 2.71 bits per heavy atom. The van der Waals surface area contributed by atoms with Gasteiger partial charge in [-0.3, -0.25) is 0 Å². The monoisotopic (exact) mass is 273 g/mol. The maximum absolute atomic E-state index is 9.89. The summed E-state index contributed by atoms with van der Waals surface area (Å²) in [5.74, 6) is 1.94. The molecule has 1 atom stereocenters. The molecular weight excluding hydrogens is 250 g/mol. The molecule has 98 valence electrons. The van der Waals surface area contributed by atoms with Crippen LogP contribution in [0.1, 0.15) is 44.8 Å². The van der Waals surface area contributed by atoms with Crippen LogP contribution in [0.25, 0.3) is 0 Å². The number of thiazole rings is 1. The smallest absolute Gasteiger partial charge is 0.0954 e. The minimum atomic E-state index is -0.259.